The highest BCUT2D eigenvalue weighted by atomic mass is 32.2. The Morgan fingerprint density at radius 2 is 1.76 bits per heavy atom. The summed E-state index contributed by atoms with van der Waals surface area (Å²) >= 11 is 0. The van der Waals surface area contributed by atoms with Crippen molar-refractivity contribution in [2.45, 2.75) is 11.5 Å². The molecule has 3 N–H and O–H groups in total. The molecule has 33 heavy (non-hydrogen) atoms. The van der Waals surface area contributed by atoms with E-state index >= 15 is 0 Å². The lowest BCUT2D eigenvalue weighted by molar-refractivity contribution is -0.112. The van der Waals surface area contributed by atoms with Gasteiger partial charge in [-0.25, -0.2) is 13.6 Å². The number of primary sulfonamides is 1. The summed E-state index contributed by atoms with van der Waals surface area (Å²) in [6, 6.07) is 21.8. The average molecular weight is 464 g/mol. The van der Waals surface area contributed by atoms with Crippen LogP contribution in [0.4, 0.5) is 5.69 Å². The maximum absolute atomic E-state index is 12.5. The Kier molecular flexibility index (Phi) is 7.46. The van der Waals surface area contributed by atoms with Crippen LogP contribution >= 0.6 is 0 Å². The first-order valence-corrected chi connectivity index (χ1v) is 11.3. The Bertz CT molecular complexity index is 1310. The molecule has 0 aliphatic rings. The molecule has 0 saturated heterocycles. The number of benzene rings is 3. The number of hydrogen-bond donors (Lipinski definition) is 2. The number of carbonyl (C=O) groups is 1. The molecule has 0 atom stereocenters. The number of anilines is 1. The summed E-state index contributed by atoms with van der Waals surface area (Å²) < 4.78 is 33.9. The van der Waals surface area contributed by atoms with Crippen molar-refractivity contribution < 1.29 is 22.7 Å². The van der Waals surface area contributed by atoms with Gasteiger partial charge in [-0.2, -0.15) is 5.26 Å². The first-order chi connectivity index (χ1) is 15.8. The van der Waals surface area contributed by atoms with Gasteiger partial charge in [0, 0.05) is 5.69 Å². The number of methoxy groups -OCH3 is 1. The van der Waals surface area contributed by atoms with Gasteiger partial charge < -0.3 is 14.8 Å². The van der Waals surface area contributed by atoms with Crippen LogP contribution in [0.3, 0.4) is 0 Å². The molecule has 9 heteroatoms. The quantitative estimate of drug-likeness (QED) is 0.388. The van der Waals surface area contributed by atoms with Crippen LogP contribution in [0.1, 0.15) is 11.1 Å². The van der Waals surface area contributed by atoms with E-state index in [0.29, 0.717) is 29.4 Å². The largest absolute Gasteiger partial charge is 0.493 e. The fourth-order valence-electron chi connectivity index (χ4n) is 2.87. The number of nitrogens with two attached hydrogens (primary N) is 1. The predicted octanol–water partition coefficient (Wildman–Crippen LogP) is 3.47. The van der Waals surface area contributed by atoms with E-state index in [1.165, 1.54) is 37.5 Å². The van der Waals surface area contributed by atoms with Crippen molar-refractivity contribution in [3.63, 3.8) is 0 Å². The van der Waals surface area contributed by atoms with Gasteiger partial charge in [-0.05, 0) is 53.6 Å². The molecule has 3 rings (SSSR count). The summed E-state index contributed by atoms with van der Waals surface area (Å²) in [4.78, 5) is 12.5. The van der Waals surface area contributed by atoms with Gasteiger partial charge in [0.15, 0.2) is 11.5 Å². The molecular formula is C24H21N3O5S. The molecule has 3 aromatic rings. The van der Waals surface area contributed by atoms with Gasteiger partial charge in [-0.1, -0.05) is 36.4 Å². The zero-order chi connectivity index (χ0) is 23.8. The first kappa shape index (κ1) is 23.5. The van der Waals surface area contributed by atoms with Gasteiger partial charge in [0.25, 0.3) is 5.91 Å². The van der Waals surface area contributed by atoms with Crippen molar-refractivity contribution in [3.8, 4) is 17.6 Å². The van der Waals surface area contributed by atoms with Crippen LogP contribution in [0.15, 0.2) is 83.3 Å². The van der Waals surface area contributed by atoms with E-state index in [1.807, 2.05) is 36.4 Å². The minimum absolute atomic E-state index is 0.0854. The van der Waals surface area contributed by atoms with E-state index in [9.17, 15) is 18.5 Å². The van der Waals surface area contributed by atoms with Crippen LogP contribution in [0, 0.1) is 11.3 Å². The second-order valence-electron chi connectivity index (χ2n) is 6.88. The van der Waals surface area contributed by atoms with Crippen LogP contribution in [0.5, 0.6) is 11.5 Å². The summed E-state index contributed by atoms with van der Waals surface area (Å²) in [5, 5.41) is 17.1. The second-order valence-corrected chi connectivity index (χ2v) is 8.44. The topological polar surface area (TPSA) is 132 Å². The maximum Gasteiger partial charge on any atom is 0.266 e. The van der Waals surface area contributed by atoms with Crippen LogP contribution in [-0.2, 0) is 21.4 Å². The molecule has 0 spiro atoms. The lowest BCUT2D eigenvalue weighted by Gasteiger charge is -2.12. The zero-order valence-electron chi connectivity index (χ0n) is 17.7. The Balaban J connectivity index is 1.78. The van der Waals surface area contributed by atoms with Crippen LogP contribution in [0.25, 0.3) is 6.08 Å². The van der Waals surface area contributed by atoms with E-state index in [1.54, 1.807) is 18.2 Å². The summed E-state index contributed by atoms with van der Waals surface area (Å²) in [5.74, 6) is 0.329. The average Bonchev–Trinajstić information content (AvgIpc) is 2.81. The normalized spacial score (nSPS) is 11.4. The van der Waals surface area contributed by atoms with Gasteiger partial charge in [-0.15, -0.1) is 0 Å². The fourth-order valence-corrected chi connectivity index (χ4v) is 3.39. The molecule has 0 unspecified atom stereocenters. The molecule has 3 aromatic carbocycles. The lowest BCUT2D eigenvalue weighted by Crippen LogP contribution is -2.14. The lowest BCUT2D eigenvalue weighted by atomic mass is 10.1. The van der Waals surface area contributed by atoms with Crippen molar-refractivity contribution in [3.05, 3.63) is 89.5 Å². The molecule has 0 aromatic heterocycles. The molecule has 0 radical (unpaired) electrons. The van der Waals surface area contributed by atoms with Gasteiger partial charge in [0.05, 0.1) is 12.0 Å². The number of ether oxygens (including phenoxy) is 2. The number of carbonyl (C=O) groups excluding carboxylic acids is 1. The predicted molar refractivity (Wildman–Crippen MR) is 124 cm³/mol. The highest BCUT2D eigenvalue weighted by molar-refractivity contribution is 7.89. The number of nitrogens with zero attached hydrogens (tertiary/aromatic N) is 1. The smallest absolute Gasteiger partial charge is 0.266 e. The van der Waals surface area contributed by atoms with Gasteiger partial charge in [-0.3, -0.25) is 4.79 Å². The highest BCUT2D eigenvalue weighted by Crippen LogP contribution is 2.30. The minimum Gasteiger partial charge on any atom is -0.493 e. The van der Waals surface area contributed by atoms with Crippen LogP contribution in [-0.4, -0.2) is 21.4 Å². The summed E-state index contributed by atoms with van der Waals surface area (Å²) in [6.45, 7) is 0.324. The minimum atomic E-state index is -3.84. The first-order valence-electron chi connectivity index (χ1n) is 9.71. The molecule has 0 saturated carbocycles. The zero-order valence-corrected chi connectivity index (χ0v) is 18.5. The SMILES string of the molecule is COc1ccc(C=C(C#N)C(=O)Nc2ccc(S(N)(=O)=O)cc2)cc1OCc1ccccc1. The Labute approximate surface area is 191 Å². The van der Waals surface area contributed by atoms with E-state index in [-0.39, 0.29) is 10.5 Å². The third-order valence-corrected chi connectivity index (χ3v) is 5.47. The number of nitrogens with one attached hydrogen (secondary N) is 1. The van der Waals surface area contributed by atoms with E-state index < -0.39 is 15.9 Å². The molecule has 0 aliphatic heterocycles. The van der Waals surface area contributed by atoms with Crippen molar-refractivity contribution in [1.82, 2.24) is 0 Å². The van der Waals surface area contributed by atoms with Gasteiger partial charge in [0.1, 0.15) is 18.2 Å². The monoisotopic (exact) mass is 463 g/mol. The highest BCUT2D eigenvalue weighted by Gasteiger charge is 2.13. The molecule has 0 heterocycles. The van der Waals surface area contributed by atoms with Gasteiger partial charge in [0.2, 0.25) is 10.0 Å². The summed E-state index contributed by atoms with van der Waals surface area (Å²) in [7, 11) is -2.32. The Morgan fingerprint density at radius 1 is 1.06 bits per heavy atom. The third-order valence-electron chi connectivity index (χ3n) is 4.54. The third kappa shape index (κ3) is 6.43. The number of hydrogen-bond acceptors (Lipinski definition) is 6. The number of amides is 1. The molecule has 8 nitrogen and oxygen atoms in total. The molecule has 1 amide bonds. The fraction of sp³-hybridized carbons (Fsp3) is 0.0833. The molecule has 0 bridgehead atoms. The summed E-state index contributed by atoms with van der Waals surface area (Å²) in [6.07, 6.45) is 1.42. The molecular weight excluding hydrogens is 442 g/mol. The summed E-state index contributed by atoms with van der Waals surface area (Å²) in [5.41, 5.74) is 1.71. The number of rotatable bonds is 8. The van der Waals surface area contributed by atoms with Crippen molar-refractivity contribution in [1.29, 1.82) is 5.26 Å². The van der Waals surface area contributed by atoms with Crippen molar-refractivity contribution in [2.24, 2.45) is 5.14 Å². The van der Waals surface area contributed by atoms with Gasteiger partial charge >= 0.3 is 0 Å². The number of nitriles is 1. The molecule has 0 fully saturated rings. The number of sulfonamides is 1. The standard InChI is InChI=1S/C24H21N3O5S/c1-31-22-12-7-18(14-23(22)32-16-17-5-3-2-4-6-17)13-19(15-25)24(28)27-20-8-10-21(11-9-20)33(26,29)30/h2-14H,16H2,1H3,(H,27,28)(H2,26,29,30). The van der Waals surface area contributed by atoms with E-state index in [0.717, 1.165) is 5.56 Å². The maximum atomic E-state index is 12.5. The van der Waals surface area contributed by atoms with Crippen molar-refractivity contribution >= 4 is 27.7 Å². The van der Waals surface area contributed by atoms with Crippen molar-refractivity contribution in [2.75, 3.05) is 12.4 Å². The second kappa shape index (κ2) is 10.5. The van der Waals surface area contributed by atoms with E-state index in [4.69, 9.17) is 14.6 Å². The Morgan fingerprint density at radius 3 is 2.36 bits per heavy atom. The van der Waals surface area contributed by atoms with Crippen LogP contribution in [0.2, 0.25) is 0 Å². The molecule has 0 aliphatic carbocycles. The molecule has 168 valence electrons. The Hall–Kier alpha value is -4.13. The van der Waals surface area contributed by atoms with E-state index in [2.05, 4.69) is 5.32 Å². The van der Waals surface area contributed by atoms with Crippen LogP contribution < -0.4 is 19.9 Å².